The number of rotatable bonds is 5. The molecule has 0 unspecified atom stereocenters. The van der Waals surface area contributed by atoms with Crippen LogP contribution in [-0.2, 0) is 4.74 Å². The lowest BCUT2D eigenvalue weighted by atomic mass is 10.2. The number of benzene rings is 1. The maximum absolute atomic E-state index is 12.4. The fourth-order valence-corrected chi connectivity index (χ4v) is 12.6. The highest BCUT2D eigenvalue weighted by atomic mass is 28.3. The lowest BCUT2D eigenvalue weighted by Gasteiger charge is -2.44. The van der Waals surface area contributed by atoms with E-state index in [-0.39, 0.29) is 6.09 Å². The largest absolute Gasteiger partial charge is 0.444 e. The second-order valence-electron chi connectivity index (χ2n) is 11.2. The van der Waals surface area contributed by atoms with E-state index in [1.165, 1.54) is 16.6 Å². The topological polar surface area (TPSA) is 37.7 Å². The van der Waals surface area contributed by atoms with Gasteiger partial charge in [-0.1, -0.05) is 47.6 Å². The number of amides is 1. The fourth-order valence-electron chi connectivity index (χ4n) is 5.96. The van der Waals surface area contributed by atoms with Crippen molar-refractivity contribution in [2.24, 2.45) is 0 Å². The molecule has 1 amide bonds. The number of hydrogen-bond acceptors (Lipinski definition) is 3. The Hall–Kier alpha value is -1.95. The third kappa shape index (κ3) is 4.56. The van der Waals surface area contributed by atoms with Gasteiger partial charge in [-0.3, -0.25) is 0 Å². The van der Waals surface area contributed by atoms with Crippen LogP contribution < -0.4 is 4.90 Å². The Kier molecular flexibility index (Phi) is 7.04. The van der Waals surface area contributed by atoms with Gasteiger partial charge in [0.2, 0.25) is 0 Å². The standard InChI is InChI=1S/C26H43N3O2Si/c1-19(2)32(20(3)4,21(5)6)29-13-12-22-10-11-23(18-24(22)29)27-14-16-28(17-15-27)25(30)31-26(7,8)9/h10-13,18-21H,14-17H2,1-9H3. The summed E-state index contributed by atoms with van der Waals surface area (Å²) in [5.74, 6) is 0. The molecule has 3 rings (SSSR count). The number of ether oxygens (including phenoxy) is 1. The minimum Gasteiger partial charge on any atom is -0.444 e. The normalized spacial score (nSPS) is 16.0. The first-order valence-corrected chi connectivity index (χ1v) is 14.4. The smallest absolute Gasteiger partial charge is 0.410 e. The number of fused-ring (bicyclic) bond motifs is 1. The van der Waals surface area contributed by atoms with Crippen molar-refractivity contribution in [3.63, 3.8) is 0 Å². The van der Waals surface area contributed by atoms with E-state index in [0.717, 1.165) is 13.1 Å². The van der Waals surface area contributed by atoms with Gasteiger partial charge in [0.1, 0.15) is 5.60 Å². The molecule has 1 fully saturated rings. The maximum Gasteiger partial charge on any atom is 0.410 e. The zero-order valence-corrected chi connectivity index (χ0v) is 22.6. The quantitative estimate of drug-likeness (QED) is 0.468. The summed E-state index contributed by atoms with van der Waals surface area (Å²) in [6, 6.07) is 9.17. The highest BCUT2D eigenvalue weighted by molar-refractivity contribution is 6.82. The number of hydrogen-bond donors (Lipinski definition) is 0. The van der Waals surface area contributed by atoms with Gasteiger partial charge in [-0.25, -0.2) is 4.79 Å². The molecule has 0 aliphatic carbocycles. The second-order valence-corrected chi connectivity index (χ2v) is 17.0. The van der Waals surface area contributed by atoms with Gasteiger partial charge in [-0.15, -0.1) is 0 Å². The third-order valence-corrected chi connectivity index (χ3v) is 13.9. The maximum atomic E-state index is 12.4. The van der Waals surface area contributed by atoms with Crippen molar-refractivity contribution in [2.75, 3.05) is 31.1 Å². The van der Waals surface area contributed by atoms with Gasteiger partial charge >= 0.3 is 6.09 Å². The van der Waals surface area contributed by atoms with Crippen LogP contribution in [0.25, 0.3) is 10.9 Å². The summed E-state index contributed by atoms with van der Waals surface area (Å²) in [6.45, 7) is 23.3. The van der Waals surface area contributed by atoms with E-state index in [2.05, 4.69) is 81.1 Å². The molecule has 0 spiro atoms. The highest BCUT2D eigenvalue weighted by Gasteiger charge is 2.45. The summed E-state index contributed by atoms with van der Waals surface area (Å²) in [7, 11) is -1.81. The summed E-state index contributed by atoms with van der Waals surface area (Å²) < 4.78 is 8.24. The van der Waals surface area contributed by atoms with E-state index >= 15 is 0 Å². The van der Waals surface area contributed by atoms with Gasteiger partial charge in [-0.05, 0) is 67.2 Å². The molecule has 0 bridgehead atoms. The van der Waals surface area contributed by atoms with Crippen molar-refractivity contribution in [2.45, 2.75) is 84.5 Å². The van der Waals surface area contributed by atoms with E-state index in [1.54, 1.807) is 0 Å². The van der Waals surface area contributed by atoms with Crippen LogP contribution in [0.3, 0.4) is 0 Å². The summed E-state index contributed by atoms with van der Waals surface area (Å²) in [4.78, 5) is 16.7. The van der Waals surface area contributed by atoms with Crippen molar-refractivity contribution in [3.8, 4) is 0 Å². The van der Waals surface area contributed by atoms with Crippen molar-refractivity contribution in [3.05, 3.63) is 30.5 Å². The van der Waals surface area contributed by atoms with E-state index in [9.17, 15) is 4.79 Å². The van der Waals surface area contributed by atoms with Crippen LogP contribution in [0.4, 0.5) is 10.5 Å². The Morgan fingerprint density at radius 3 is 1.97 bits per heavy atom. The number of carbonyl (C=O) groups excluding carboxylic acids is 1. The van der Waals surface area contributed by atoms with Crippen LogP contribution in [0.15, 0.2) is 30.5 Å². The molecule has 2 aromatic rings. The van der Waals surface area contributed by atoms with Gasteiger partial charge in [0, 0.05) is 37.4 Å². The lowest BCUT2D eigenvalue weighted by molar-refractivity contribution is 0.0240. The summed E-state index contributed by atoms with van der Waals surface area (Å²) in [5.41, 5.74) is 4.11. The second kappa shape index (κ2) is 9.12. The van der Waals surface area contributed by atoms with Gasteiger partial charge in [0.05, 0.1) is 0 Å². The van der Waals surface area contributed by atoms with Gasteiger partial charge in [0.25, 0.3) is 0 Å². The predicted octanol–water partition coefficient (Wildman–Crippen LogP) is 6.72. The predicted molar refractivity (Wildman–Crippen MR) is 138 cm³/mol. The summed E-state index contributed by atoms with van der Waals surface area (Å²) >= 11 is 0. The first-order chi connectivity index (χ1) is 14.9. The zero-order chi connectivity index (χ0) is 23.8. The Bertz CT molecular complexity index is 912. The molecule has 1 aliphatic heterocycles. The molecule has 1 aliphatic rings. The molecule has 2 heterocycles. The van der Waals surface area contributed by atoms with Crippen LogP contribution in [0.1, 0.15) is 62.3 Å². The van der Waals surface area contributed by atoms with E-state index < -0.39 is 13.8 Å². The molecular formula is C26H43N3O2Si. The molecule has 1 aromatic heterocycles. The Labute approximate surface area is 195 Å². The number of carbonyl (C=O) groups is 1. The molecule has 32 heavy (non-hydrogen) atoms. The zero-order valence-electron chi connectivity index (χ0n) is 21.6. The van der Waals surface area contributed by atoms with Crippen molar-refractivity contribution < 1.29 is 9.53 Å². The Morgan fingerprint density at radius 2 is 1.47 bits per heavy atom. The molecule has 0 radical (unpaired) electrons. The molecule has 178 valence electrons. The van der Waals surface area contributed by atoms with Crippen molar-refractivity contribution in [1.29, 1.82) is 0 Å². The van der Waals surface area contributed by atoms with E-state index in [1.807, 2.05) is 25.7 Å². The highest BCUT2D eigenvalue weighted by Crippen LogP contribution is 2.44. The molecule has 1 aromatic carbocycles. The minimum absolute atomic E-state index is 0.205. The number of piperazine rings is 1. The van der Waals surface area contributed by atoms with E-state index in [4.69, 9.17) is 4.74 Å². The van der Waals surface area contributed by atoms with Gasteiger partial charge in [-0.2, -0.15) is 0 Å². The van der Waals surface area contributed by atoms with Crippen LogP contribution in [0.2, 0.25) is 16.6 Å². The van der Waals surface area contributed by atoms with Crippen molar-refractivity contribution >= 4 is 30.9 Å². The van der Waals surface area contributed by atoms with Crippen LogP contribution in [0, 0.1) is 0 Å². The average molecular weight is 458 g/mol. The van der Waals surface area contributed by atoms with Crippen LogP contribution in [-0.4, -0.2) is 55.2 Å². The SMILES string of the molecule is CC(C)[Si](C(C)C)(C(C)C)n1ccc2ccc(N3CCN(C(=O)OC(C)(C)C)CC3)cc21. The average Bonchev–Trinajstić information content (AvgIpc) is 3.10. The lowest BCUT2D eigenvalue weighted by Crippen LogP contribution is -2.51. The molecule has 0 saturated carbocycles. The first-order valence-electron chi connectivity index (χ1n) is 12.2. The molecule has 1 saturated heterocycles. The molecule has 5 nitrogen and oxygen atoms in total. The molecule has 0 N–H and O–H groups in total. The third-order valence-electron chi connectivity index (χ3n) is 7.17. The Morgan fingerprint density at radius 1 is 0.906 bits per heavy atom. The monoisotopic (exact) mass is 457 g/mol. The number of anilines is 1. The molecule has 0 atom stereocenters. The first kappa shape index (κ1) is 24.7. The van der Waals surface area contributed by atoms with Crippen molar-refractivity contribution in [1.82, 2.24) is 9.13 Å². The van der Waals surface area contributed by atoms with Crippen LogP contribution in [0.5, 0.6) is 0 Å². The summed E-state index contributed by atoms with van der Waals surface area (Å²) in [6.07, 6.45) is 2.14. The Balaban J connectivity index is 1.88. The number of nitrogens with zero attached hydrogens (tertiary/aromatic N) is 3. The fraction of sp³-hybridized carbons (Fsp3) is 0.654. The minimum atomic E-state index is -1.81. The van der Waals surface area contributed by atoms with Gasteiger partial charge in [0.15, 0.2) is 8.24 Å². The number of aromatic nitrogens is 1. The van der Waals surface area contributed by atoms with E-state index in [0.29, 0.717) is 29.7 Å². The molecular weight excluding hydrogens is 414 g/mol. The van der Waals surface area contributed by atoms with Gasteiger partial charge < -0.3 is 18.8 Å². The summed E-state index contributed by atoms with van der Waals surface area (Å²) in [5, 5.41) is 1.32. The molecule has 6 heteroatoms. The van der Waals surface area contributed by atoms with Crippen LogP contribution >= 0.6 is 0 Å².